The fourth-order valence-electron chi connectivity index (χ4n) is 4.05. The molecule has 1 aliphatic rings. The largest absolute Gasteiger partial charge is 0.298 e. The first-order valence-electron chi connectivity index (χ1n) is 11.7. The Bertz CT molecular complexity index is 1270. The zero-order valence-electron chi connectivity index (χ0n) is 19.8. The molecule has 3 aromatic rings. The molecule has 3 aromatic carbocycles. The Morgan fingerprint density at radius 1 is 0.943 bits per heavy atom. The lowest BCUT2D eigenvalue weighted by Gasteiger charge is -2.27. The van der Waals surface area contributed by atoms with Crippen molar-refractivity contribution in [2.24, 2.45) is 5.10 Å². The third-order valence-electron chi connectivity index (χ3n) is 5.93. The maximum Gasteiger partial charge on any atom is 0.264 e. The number of likely N-dealkylation sites (tertiary alicyclic amines) is 1. The minimum atomic E-state index is -3.93. The molecule has 0 aliphatic carbocycles. The van der Waals surface area contributed by atoms with Gasteiger partial charge in [0.25, 0.3) is 15.9 Å². The van der Waals surface area contributed by atoms with Crippen molar-refractivity contribution in [2.45, 2.75) is 31.2 Å². The van der Waals surface area contributed by atoms with Gasteiger partial charge >= 0.3 is 0 Å². The van der Waals surface area contributed by atoms with E-state index >= 15 is 0 Å². The van der Waals surface area contributed by atoms with E-state index in [0.29, 0.717) is 5.69 Å². The Labute approximate surface area is 207 Å². The number of carbonyl (C=O) groups is 1. The van der Waals surface area contributed by atoms with Crippen LogP contribution in [0.1, 0.15) is 24.0 Å². The predicted octanol–water partition coefficient (Wildman–Crippen LogP) is 3.96. The van der Waals surface area contributed by atoms with Gasteiger partial charge in [-0.05, 0) is 42.3 Å². The molecule has 0 atom stereocenters. The number of amides is 1. The van der Waals surface area contributed by atoms with E-state index in [1.807, 2.05) is 31.2 Å². The highest BCUT2D eigenvalue weighted by atomic mass is 32.2. The molecule has 35 heavy (non-hydrogen) atoms. The summed E-state index contributed by atoms with van der Waals surface area (Å²) in [6.07, 6.45) is 1.52. The van der Waals surface area contributed by atoms with Gasteiger partial charge < -0.3 is 0 Å². The molecule has 1 amide bonds. The number of anilines is 1. The van der Waals surface area contributed by atoms with E-state index in [4.69, 9.17) is 0 Å². The number of benzene rings is 3. The summed E-state index contributed by atoms with van der Waals surface area (Å²) in [4.78, 5) is 15.3. The monoisotopic (exact) mass is 490 g/mol. The highest BCUT2D eigenvalue weighted by Gasteiger charge is 2.27. The van der Waals surface area contributed by atoms with Crippen molar-refractivity contribution in [3.05, 3.63) is 96.1 Å². The summed E-state index contributed by atoms with van der Waals surface area (Å²) in [5.41, 5.74) is 6.10. The van der Waals surface area contributed by atoms with Crippen molar-refractivity contribution < 1.29 is 13.2 Å². The van der Waals surface area contributed by atoms with Gasteiger partial charge in [0.05, 0.1) is 10.6 Å². The second-order valence-corrected chi connectivity index (χ2v) is 10.5. The fourth-order valence-corrected chi connectivity index (χ4v) is 5.48. The van der Waals surface area contributed by atoms with Gasteiger partial charge in [-0.1, -0.05) is 60.7 Å². The van der Waals surface area contributed by atoms with Crippen LogP contribution in [0.3, 0.4) is 0 Å². The third-order valence-corrected chi connectivity index (χ3v) is 7.72. The van der Waals surface area contributed by atoms with Crippen molar-refractivity contribution in [1.82, 2.24) is 10.3 Å². The van der Waals surface area contributed by atoms with E-state index in [2.05, 4.69) is 27.6 Å². The molecule has 0 bridgehead atoms. The molecule has 1 saturated heterocycles. The van der Waals surface area contributed by atoms with E-state index in [9.17, 15) is 13.2 Å². The lowest BCUT2D eigenvalue weighted by Crippen LogP contribution is -2.40. The summed E-state index contributed by atoms with van der Waals surface area (Å²) >= 11 is 0. The van der Waals surface area contributed by atoms with Crippen LogP contribution in [-0.4, -0.2) is 44.6 Å². The van der Waals surface area contributed by atoms with Gasteiger partial charge in [-0.25, -0.2) is 13.8 Å². The number of aryl methyl sites for hydroxylation is 1. The van der Waals surface area contributed by atoms with Gasteiger partial charge in [0.1, 0.15) is 6.54 Å². The standard InChI is InChI=1S/C27H30N4O3S/c1-22-9-8-12-25(19-22)31(35(33,34)26-13-6-3-7-14-26)21-27(32)29-28-24-15-17-30(18-16-24)20-23-10-4-2-5-11-23/h2-14,19H,15-18,20-21H2,1H3,(H,29,32). The number of piperidine rings is 1. The summed E-state index contributed by atoms with van der Waals surface area (Å²) < 4.78 is 27.9. The average Bonchev–Trinajstić information content (AvgIpc) is 2.88. The Kier molecular flexibility index (Phi) is 7.94. The molecule has 0 aromatic heterocycles. The first-order chi connectivity index (χ1) is 16.9. The first-order valence-corrected chi connectivity index (χ1v) is 13.1. The minimum absolute atomic E-state index is 0.131. The molecule has 1 aliphatic heterocycles. The van der Waals surface area contributed by atoms with Gasteiger partial charge in [0.15, 0.2) is 0 Å². The molecule has 7 nitrogen and oxygen atoms in total. The van der Waals surface area contributed by atoms with Gasteiger partial charge in [0, 0.05) is 38.2 Å². The molecular formula is C27H30N4O3S. The number of sulfonamides is 1. The molecule has 1 fully saturated rings. The molecule has 0 unspecified atom stereocenters. The van der Waals surface area contributed by atoms with Crippen LogP contribution in [0.25, 0.3) is 0 Å². The summed E-state index contributed by atoms with van der Waals surface area (Å²) in [6, 6.07) is 25.6. The highest BCUT2D eigenvalue weighted by Crippen LogP contribution is 2.24. The third kappa shape index (κ3) is 6.55. The Morgan fingerprint density at radius 3 is 2.26 bits per heavy atom. The summed E-state index contributed by atoms with van der Waals surface area (Å²) in [5, 5.41) is 4.31. The topological polar surface area (TPSA) is 82.1 Å². The van der Waals surface area contributed by atoms with Gasteiger partial charge in [-0.15, -0.1) is 0 Å². The maximum atomic E-state index is 13.4. The Hall–Kier alpha value is -3.49. The van der Waals surface area contributed by atoms with E-state index < -0.39 is 15.9 Å². The van der Waals surface area contributed by atoms with Crippen molar-refractivity contribution in [3.63, 3.8) is 0 Å². The first kappa shape index (κ1) is 24.6. The molecule has 0 saturated carbocycles. The molecule has 1 heterocycles. The van der Waals surface area contributed by atoms with Crippen LogP contribution in [0.15, 0.2) is 94.9 Å². The van der Waals surface area contributed by atoms with E-state index in [1.54, 1.807) is 36.4 Å². The summed E-state index contributed by atoms with van der Waals surface area (Å²) in [6.45, 7) is 4.14. The number of carbonyl (C=O) groups excluding carboxylic acids is 1. The molecule has 0 spiro atoms. The number of hydrazone groups is 1. The SMILES string of the molecule is Cc1cccc(N(CC(=O)NN=C2CCN(Cc3ccccc3)CC2)S(=O)(=O)c2ccccc2)c1. The number of rotatable bonds is 8. The van der Waals surface area contributed by atoms with Crippen molar-refractivity contribution in [3.8, 4) is 0 Å². The molecule has 1 N–H and O–H groups in total. The molecule has 182 valence electrons. The predicted molar refractivity (Wildman–Crippen MR) is 139 cm³/mol. The van der Waals surface area contributed by atoms with Crippen molar-refractivity contribution in [1.29, 1.82) is 0 Å². The highest BCUT2D eigenvalue weighted by molar-refractivity contribution is 7.92. The van der Waals surface area contributed by atoms with Crippen LogP contribution < -0.4 is 9.73 Å². The maximum absolute atomic E-state index is 13.4. The lowest BCUT2D eigenvalue weighted by molar-refractivity contribution is -0.119. The van der Waals surface area contributed by atoms with Crippen LogP contribution in [0.5, 0.6) is 0 Å². The quantitative estimate of drug-likeness (QED) is 0.485. The number of hydrogen-bond acceptors (Lipinski definition) is 5. The minimum Gasteiger partial charge on any atom is -0.298 e. The molecule has 4 rings (SSSR count). The van der Waals surface area contributed by atoms with E-state index in [-0.39, 0.29) is 11.4 Å². The van der Waals surface area contributed by atoms with Crippen LogP contribution >= 0.6 is 0 Å². The van der Waals surface area contributed by atoms with Crippen molar-refractivity contribution in [2.75, 3.05) is 23.9 Å². The molecular weight excluding hydrogens is 460 g/mol. The van der Waals surface area contributed by atoms with E-state index in [1.165, 1.54) is 17.7 Å². The van der Waals surface area contributed by atoms with Crippen LogP contribution in [-0.2, 0) is 21.4 Å². The number of nitrogens with zero attached hydrogens (tertiary/aromatic N) is 3. The normalized spacial score (nSPS) is 14.4. The fraction of sp³-hybridized carbons (Fsp3) is 0.259. The van der Waals surface area contributed by atoms with Crippen LogP contribution in [0.4, 0.5) is 5.69 Å². The van der Waals surface area contributed by atoms with Crippen LogP contribution in [0.2, 0.25) is 0 Å². The number of nitrogens with one attached hydrogen (secondary N) is 1. The Morgan fingerprint density at radius 2 is 1.60 bits per heavy atom. The van der Waals surface area contributed by atoms with Crippen molar-refractivity contribution >= 4 is 27.3 Å². The van der Waals surface area contributed by atoms with Crippen LogP contribution in [0, 0.1) is 6.92 Å². The summed E-state index contributed by atoms with van der Waals surface area (Å²) in [5.74, 6) is -0.481. The van der Waals surface area contributed by atoms with Gasteiger partial charge in [-0.2, -0.15) is 5.10 Å². The van der Waals surface area contributed by atoms with Gasteiger partial charge in [0.2, 0.25) is 0 Å². The van der Waals surface area contributed by atoms with Gasteiger partial charge in [-0.3, -0.25) is 14.0 Å². The molecule has 8 heteroatoms. The smallest absolute Gasteiger partial charge is 0.264 e. The zero-order chi connectivity index (χ0) is 24.7. The lowest BCUT2D eigenvalue weighted by atomic mass is 10.1. The molecule has 0 radical (unpaired) electrons. The summed E-state index contributed by atoms with van der Waals surface area (Å²) in [7, 11) is -3.93. The zero-order valence-corrected chi connectivity index (χ0v) is 20.6. The Balaban J connectivity index is 1.41. The second kappa shape index (κ2) is 11.3. The average molecular weight is 491 g/mol. The second-order valence-electron chi connectivity index (χ2n) is 8.64. The number of hydrogen-bond donors (Lipinski definition) is 1. The van der Waals surface area contributed by atoms with E-state index in [0.717, 1.165) is 48.1 Å².